The first-order valence-corrected chi connectivity index (χ1v) is 15.8. The Morgan fingerprint density at radius 3 is 1.49 bits per heavy atom. The molecule has 0 aliphatic carbocycles. The molecule has 6 heteroatoms. The zero-order valence-electron chi connectivity index (χ0n) is 27.4. The van der Waals surface area contributed by atoms with E-state index in [0.29, 0.717) is 26.1 Å². The van der Waals surface area contributed by atoms with Gasteiger partial charge in [-0.05, 0) is 57.8 Å². The monoisotopic (exact) mass is 582 g/mol. The van der Waals surface area contributed by atoms with Gasteiger partial charge in [0.15, 0.2) is 0 Å². The fraction of sp³-hybridized carbons (Fsp3) is 0.571. The van der Waals surface area contributed by atoms with E-state index in [4.69, 9.17) is 17.7 Å². The molecule has 5 nitrogen and oxygen atoms in total. The molecule has 0 atom stereocenters. The lowest BCUT2D eigenvalue weighted by molar-refractivity contribution is -0.137. The van der Waals surface area contributed by atoms with Crippen LogP contribution in [0.3, 0.4) is 0 Å². The van der Waals surface area contributed by atoms with Crippen LogP contribution in [0.5, 0.6) is 0 Å². The van der Waals surface area contributed by atoms with Crippen molar-refractivity contribution in [3.8, 4) is 0 Å². The van der Waals surface area contributed by atoms with E-state index in [1.54, 1.807) is 0 Å². The van der Waals surface area contributed by atoms with Crippen molar-refractivity contribution < 1.29 is 22.4 Å². The Kier molecular flexibility index (Phi) is 9.68. The second-order valence-electron chi connectivity index (χ2n) is 15.1. The Balaban J connectivity index is 2.38. The summed E-state index contributed by atoms with van der Waals surface area (Å²) in [5, 5.41) is 2.11. The maximum Gasteiger partial charge on any atom is 0.387 e. The number of benzene rings is 2. The molecule has 0 aliphatic heterocycles. The van der Waals surface area contributed by atoms with E-state index in [0.717, 1.165) is 33.1 Å². The Labute approximate surface area is 248 Å². The maximum absolute atomic E-state index is 11.4. The molecule has 0 fully saturated rings. The molecular weight excluding hydrogens is 531 g/mol. The number of carbonyl (C=O) groups excluding carboxylic acids is 1. The van der Waals surface area contributed by atoms with Gasteiger partial charge in [0.05, 0.1) is 13.2 Å². The summed E-state index contributed by atoms with van der Waals surface area (Å²) in [6.07, 6.45) is 2.57. The summed E-state index contributed by atoms with van der Waals surface area (Å²) in [5.41, 5.74) is 6.04. The summed E-state index contributed by atoms with van der Waals surface area (Å²) in [4.78, 5) is 11.4. The molecule has 0 saturated heterocycles. The average Bonchev–Trinajstić information content (AvgIpc) is 2.98. The van der Waals surface area contributed by atoms with Crippen molar-refractivity contribution >= 4 is 36.1 Å². The van der Waals surface area contributed by atoms with Gasteiger partial charge < -0.3 is 13.1 Å². The molecule has 0 N–H and O–H groups in total. The van der Waals surface area contributed by atoms with E-state index in [1.807, 2.05) is 0 Å². The summed E-state index contributed by atoms with van der Waals surface area (Å²) in [6, 6.07) is 9.17. The van der Waals surface area contributed by atoms with Crippen LogP contribution in [0.2, 0.25) is 0 Å². The molecule has 3 rings (SSSR count). The van der Waals surface area contributed by atoms with Gasteiger partial charge in [0.2, 0.25) is 0 Å². The molecule has 0 unspecified atom stereocenters. The van der Waals surface area contributed by atoms with Crippen LogP contribution >= 0.6 is 8.24 Å². The molecule has 41 heavy (non-hydrogen) atoms. The largest absolute Gasteiger partial charge is 0.463 e. The van der Waals surface area contributed by atoms with Gasteiger partial charge in [0.25, 0.3) is 0 Å². The molecule has 0 spiro atoms. The maximum atomic E-state index is 11.4. The van der Waals surface area contributed by atoms with Crippen LogP contribution < -0.4 is 4.52 Å². The number of carbonyl (C=O) groups is 1. The molecule has 0 aliphatic rings. The molecule has 0 amide bonds. The normalized spacial score (nSPS) is 13.1. The van der Waals surface area contributed by atoms with Crippen LogP contribution in [0, 0.1) is 0 Å². The minimum atomic E-state index is -1.73. The highest BCUT2D eigenvalue weighted by Crippen LogP contribution is 2.45. The van der Waals surface area contributed by atoms with Crippen LogP contribution in [-0.4, -0.2) is 19.2 Å². The van der Waals surface area contributed by atoms with Gasteiger partial charge in [-0.15, -0.1) is 0 Å². The standard InChI is InChI=1S/C35H51O5P/c1-14-29(36)37-17-15-16-18-38-41-39-30-25(19-23(32(2,3)4)21-27(30)34(8,9)10)26-20-24(33(5,6)7)22-28(31(26)40-41)35(11,12)13/h14,19-22H,1,15-18H2,2-13H3. The predicted molar refractivity (Wildman–Crippen MR) is 173 cm³/mol. The Morgan fingerprint density at radius 1 is 0.707 bits per heavy atom. The lowest BCUT2D eigenvalue weighted by Crippen LogP contribution is -2.17. The molecule has 0 radical (unpaired) electrons. The Morgan fingerprint density at radius 2 is 1.12 bits per heavy atom. The third kappa shape index (κ3) is 8.08. The molecule has 0 saturated carbocycles. The summed E-state index contributed by atoms with van der Waals surface area (Å²) in [7, 11) is -1.73. The van der Waals surface area contributed by atoms with Gasteiger partial charge in [-0.25, -0.2) is 4.79 Å². The van der Waals surface area contributed by atoms with Crippen LogP contribution in [0.25, 0.3) is 21.9 Å². The van der Waals surface area contributed by atoms with Gasteiger partial charge >= 0.3 is 14.2 Å². The molecule has 1 heterocycles. The summed E-state index contributed by atoms with van der Waals surface area (Å²) in [6.45, 7) is 31.1. The predicted octanol–water partition coefficient (Wildman–Crippen LogP) is 10.4. The second kappa shape index (κ2) is 12.0. The number of esters is 1. The number of unbranched alkanes of at least 4 members (excludes halogenated alkanes) is 1. The van der Waals surface area contributed by atoms with Crippen LogP contribution in [0.4, 0.5) is 0 Å². The summed E-state index contributed by atoms with van der Waals surface area (Å²) >= 11 is 0. The van der Waals surface area contributed by atoms with E-state index < -0.39 is 14.2 Å². The van der Waals surface area contributed by atoms with E-state index in [9.17, 15) is 4.79 Å². The first-order chi connectivity index (χ1) is 18.7. The van der Waals surface area contributed by atoms with Gasteiger partial charge in [0.1, 0.15) is 11.2 Å². The van der Waals surface area contributed by atoms with Crippen molar-refractivity contribution in [3.63, 3.8) is 0 Å². The lowest BCUT2D eigenvalue weighted by atomic mass is 9.77. The Hall–Kier alpha value is -2.49. The summed E-state index contributed by atoms with van der Waals surface area (Å²) in [5.74, 6) is -0.410. The molecule has 3 aromatic rings. The number of rotatable bonds is 7. The second-order valence-corrected chi connectivity index (χ2v) is 16.2. The summed E-state index contributed by atoms with van der Waals surface area (Å²) < 4.78 is 24.9. The fourth-order valence-electron chi connectivity index (χ4n) is 4.63. The highest BCUT2D eigenvalue weighted by molar-refractivity contribution is 7.31. The number of ether oxygens (including phenoxy) is 1. The van der Waals surface area contributed by atoms with Gasteiger partial charge in [-0.2, -0.15) is 0 Å². The van der Waals surface area contributed by atoms with Gasteiger partial charge in [0, 0.05) is 28.0 Å². The highest BCUT2D eigenvalue weighted by Gasteiger charge is 2.28. The topological polar surface area (TPSA) is 61.8 Å². The first kappa shape index (κ1) is 33.0. The van der Waals surface area contributed by atoms with Crippen LogP contribution in [0.15, 0.2) is 45.3 Å². The average molecular weight is 583 g/mol. The van der Waals surface area contributed by atoms with Gasteiger partial charge in [-0.3, -0.25) is 4.52 Å². The van der Waals surface area contributed by atoms with Crippen molar-refractivity contribution in [1.82, 2.24) is 0 Å². The van der Waals surface area contributed by atoms with E-state index in [-0.39, 0.29) is 21.7 Å². The van der Waals surface area contributed by atoms with Crippen molar-refractivity contribution in [2.45, 2.75) is 118 Å². The Bertz CT molecular complexity index is 1360. The van der Waals surface area contributed by atoms with Crippen LogP contribution in [-0.2, 0) is 31.2 Å². The fourth-order valence-corrected chi connectivity index (χ4v) is 5.74. The molecule has 1 aromatic heterocycles. The lowest BCUT2D eigenvalue weighted by Gasteiger charge is -2.27. The molecule has 0 bridgehead atoms. The third-order valence-electron chi connectivity index (χ3n) is 7.29. The quantitative estimate of drug-likeness (QED) is 0.158. The van der Waals surface area contributed by atoms with Crippen molar-refractivity contribution in [2.24, 2.45) is 0 Å². The zero-order chi connectivity index (χ0) is 31.0. The highest BCUT2D eigenvalue weighted by atomic mass is 31.1. The van der Waals surface area contributed by atoms with E-state index in [1.165, 1.54) is 17.2 Å². The number of hydrogen-bond donors (Lipinski definition) is 0. The van der Waals surface area contributed by atoms with Crippen molar-refractivity contribution in [3.05, 3.63) is 59.2 Å². The smallest absolute Gasteiger partial charge is 0.387 e. The zero-order valence-corrected chi connectivity index (χ0v) is 28.3. The number of fused-ring (bicyclic) bond motifs is 3. The number of hydrogen-bond acceptors (Lipinski definition) is 5. The van der Waals surface area contributed by atoms with Crippen molar-refractivity contribution in [1.29, 1.82) is 0 Å². The molecule has 226 valence electrons. The van der Waals surface area contributed by atoms with E-state index >= 15 is 0 Å². The first-order valence-electron chi connectivity index (χ1n) is 14.7. The minimum absolute atomic E-state index is 0.0485. The van der Waals surface area contributed by atoms with Crippen LogP contribution in [0.1, 0.15) is 118 Å². The SMILES string of the molecule is C=CC(=O)OCCCCOp1oc2c(C(C)(C)C)cc(C(C)(C)C)cc2c2cc(C(C)(C)C)cc(C(C)(C)C)c2o1. The van der Waals surface area contributed by atoms with Crippen molar-refractivity contribution in [2.75, 3.05) is 13.2 Å². The molecular formula is C35H51O5P. The van der Waals surface area contributed by atoms with E-state index in [2.05, 4.69) is 114 Å². The van der Waals surface area contributed by atoms with Gasteiger partial charge in [-0.1, -0.05) is 102 Å². The third-order valence-corrected chi connectivity index (χ3v) is 8.35. The minimum Gasteiger partial charge on any atom is -0.463 e. The molecule has 2 aromatic carbocycles.